The van der Waals surface area contributed by atoms with E-state index in [0.29, 0.717) is 6.54 Å². The van der Waals surface area contributed by atoms with Gasteiger partial charge in [-0.3, -0.25) is 4.79 Å². The van der Waals surface area contributed by atoms with Crippen LogP contribution in [0, 0.1) is 6.92 Å². The van der Waals surface area contributed by atoms with Crippen molar-refractivity contribution in [2.45, 2.75) is 46.0 Å². The predicted molar refractivity (Wildman–Crippen MR) is 77.6 cm³/mol. The number of aromatic nitrogens is 1. The molecule has 0 saturated carbocycles. The van der Waals surface area contributed by atoms with E-state index in [4.69, 9.17) is 5.11 Å². The lowest BCUT2D eigenvalue weighted by atomic mass is 10.2. The Labute approximate surface area is 115 Å². The Kier molecular flexibility index (Phi) is 6.93. The highest BCUT2D eigenvalue weighted by atomic mass is 16.4. The summed E-state index contributed by atoms with van der Waals surface area (Å²) in [4.78, 5) is 17.2. The Bertz CT molecular complexity index is 376. The van der Waals surface area contributed by atoms with Crippen LogP contribution in [0.15, 0.2) is 18.3 Å². The lowest BCUT2D eigenvalue weighted by molar-refractivity contribution is -0.136. The smallest absolute Gasteiger partial charge is 0.305 e. The molecule has 1 aromatic heterocycles. The van der Waals surface area contributed by atoms with Crippen molar-refractivity contribution in [1.29, 1.82) is 0 Å². The van der Waals surface area contributed by atoms with Crippen molar-refractivity contribution < 1.29 is 9.90 Å². The maximum atomic E-state index is 10.7. The van der Waals surface area contributed by atoms with E-state index in [2.05, 4.69) is 16.8 Å². The fourth-order valence-electron chi connectivity index (χ4n) is 1.95. The number of carboxylic acids is 1. The first kappa shape index (κ1) is 15.5. The van der Waals surface area contributed by atoms with E-state index in [1.807, 2.05) is 25.3 Å². The Morgan fingerprint density at radius 3 is 2.63 bits per heavy atom. The molecule has 1 N–H and O–H groups in total. The summed E-state index contributed by atoms with van der Waals surface area (Å²) < 4.78 is 0. The Hall–Kier alpha value is -1.58. The van der Waals surface area contributed by atoms with E-state index >= 15 is 0 Å². The average Bonchev–Trinajstić information content (AvgIpc) is 2.39. The van der Waals surface area contributed by atoms with E-state index in [1.54, 1.807) is 0 Å². The number of rotatable bonds is 9. The van der Waals surface area contributed by atoms with Gasteiger partial charge in [-0.2, -0.15) is 0 Å². The molecule has 0 bridgehead atoms. The van der Waals surface area contributed by atoms with Crippen LogP contribution < -0.4 is 4.90 Å². The first-order valence-corrected chi connectivity index (χ1v) is 7.03. The summed E-state index contributed by atoms with van der Waals surface area (Å²) >= 11 is 0. The summed E-state index contributed by atoms with van der Waals surface area (Å²) in [6.07, 6.45) is 6.69. The third-order valence-electron chi connectivity index (χ3n) is 3.10. The normalized spacial score (nSPS) is 10.4. The molecular weight excluding hydrogens is 240 g/mol. The van der Waals surface area contributed by atoms with Gasteiger partial charge in [-0.15, -0.1) is 0 Å². The fraction of sp³-hybridized carbons (Fsp3) is 0.600. The van der Waals surface area contributed by atoms with Gasteiger partial charge < -0.3 is 10.0 Å². The first-order chi connectivity index (χ1) is 9.13. The summed E-state index contributed by atoms with van der Waals surface area (Å²) in [5.74, 6) is 0.119. The van der Waals surface area contributed by atoms with E-state index in [-0.39, 0.29) is 6.42 Å². The average molecular weight is 264 g/mol. The molecule has 0 spiro atoms. The van der Waals surface area contributed by atoms with Crippen molar-refractivity contribution in [3.63, 3.8) is 0 Å². The minimum Gasteiger partial charge on any atom is -0.481 e. The van der Waals surface area contributed by atoms with E-state index in [1.165, 1.54) is 19.3 Å². The highest BCUT2D eigenvalue weighted by molar-refractivity contribution is 5.67. The minimum atomic E-state index is -0.759. The van der Waals surface area contributed by atoms with Gasteiger partial charge in [-0.25, -0.2) is 4.98 Å². The number of anilines is 1. The highest BCUT2D eigenvalue weighted by Gasteiger charge is 2.09. The number of hydrogen-bond donors (Lipinski definition) is 1. The summed E-state index contributed by atoms with van der Waals surface area (Å²) in [5, 5.41) is 8.82. The molecule has 0 unspecified atom stereocenters. The summed E-state index contributed by atoms with van der Waals surface area (Å²) in [6.45, 7) is 5.59. The molecular formula is C15H24N2O2. The Balaban J connectivity index is 2.57. The molecule has 1 heterocycles. The molecule has 1 aromatic rings. The Morgan fingerprint density at radius 1 is 1.26 bits per heavy atom. The second-order valence-corrected chi connectivity index (χ2v) is 4.89. The Morgan fingerprint density at radius 2 is 2.05 bits per heavy atom. The van der Waals surface area contributed by atoms with E-state index in [0.717, 1.165) is 24.3 Å². The zero-order chi connectivity index (χ0) is 14.1. The van der Waals surface area contributed by atoms with Crippen molar-refractivity contribution in [2.75, 3.05) is 18.0 Å². The first-order valence-electron chi connectivity index (χ1n) is 7.03. The van der Waals surface area contributed by atoms with Gasteiger partial charge in [0.05, 0.1) is 6.42 Å². The number of aryl methyl sites for hydroxylation is 1. The molecule has 0 radical (unpaired) electrons. The lowest BCUT2D eigenvalue weighted by Gasteiger charge is -2.23. The van der Waals surface area contributed by atoms with Gasteiger partial charge in [0.15, 0.2) is 0 Å². The third-order valence-corrected chi connectivity index (χ3v) is 3.10. The van der Waals surface area contributed by atoms with E-state index < -0.39 is 5.97 Å². The zero-order valence-electron chi connectivity index (χ0n) is 11.9. The zero-order valence-corrected chi connectivity index (χ0v) is 11.9. The van der Waals surface area contributed by atoms with Crippen LogP contribution in [-0.4, -0.2) is 29.1 Å². The van der Waals surface area contributed by atoms with Crippen LogP contribution >= 0.6 is 0 Å². The number of hydrogen-bond acceptors (Lipinski definition) is 3. The molecule has 0 aliphatic carbocycles. The summed E-state index contributed by atoms with van der Waals surface area (Å²) in [6, 6.07) is 3.99. The number of pyridine rings is 1. The molecule has 1 rings (SSSR count). The molecule has 0 saturated heterocycles. The second-order valence-electron chi connectivity index (χ2n) is 4.89. The van der Waals surface area contributed by atoms with Gasteiger partial charge in [0.25, 0.3) is 0 Å². The van der Waals surface area contributed by atoms with Crippen LogP contribution in [0.2, 0.25) is 0 Å². The van der Waals surface area contributed by atoms with Crippen LogP contribution in [0.4, 0.5) is 5.82 Å². The number of carboxylic acid groups (broad SMARTS) is 1. The molecule has 4 heteroatoms. The SMILES string of the molecule is CCCCCCN(CCC(=O)O)c1ccc(C)cn1. The fourth-order valence-corrected chi connectivity index (χ4v) is 1.95. The molecule has 0 fully saturated rings. The van der Waals surface area contributed by atoms with Gasteiger partial charge in [0, 0.05) is 19.3 Å². The molecule has 106 valence electrons. The lowest BCUT2D eigenvalue weighted by Crippen LogP contribution is -2.28. The van der Waals surface area contributed by atoms with Gasteiger partial charge in [0.1, 0.15) is 5.82 Å². The molecule has 19 heavy (non-hydrogen) atoms. The highest BCUT2D eigenvalue weighted by Crippen LogP contribution is 2.13. The van der Waals surface area contributed by atoms with Crippen LogP contribution in [0.3, 0.4) is 0 Å². The number of unbranched alkanes of at least 4 members (excludes halogenated alkanes) is 3. The standard InChI is InChI=1S/C15H24N2O2/c1-3-4-5-6-10-17(11-9-15(18)19)14-8-7-13(2)12-16-14/h7-8,12H,3-6,9-11H2,1-2H3,(H,18,19). The van der Waals surface area contributed by atoms with Crippen molar-refractivity contribution in [3.05, 3.63) is 23.9 Å². The summed E-state index contributed by atoms with van der Waals surface area (Å²) in [7, 11) is 0. The maximum Gasteiger partial charge on any atom is 0.305 e. The predicted octanol–water partition coefficient (Wildman–Crippen LogP) is 3.25. The van der Waals surface area contributed by atoms with Gasteiger partial charge in [0.2, 0.25) is 0 Å². The molecule has 0 aliphatic rings. The third kappa shape index (κ3) is 6.22. The molecule has 0 atom stereocenters. The quantitative estimate of drug-likeness (QED) is 0.696. The summed E-state index contributed by atoms with van der Waals surface area (Å²) in [5.41, 5.74) is 1.12. The van der Waals surface area contributed by atoms with Crippen LogP contribution in [0.1, 0.15) is 44.6 Å². The van der Waals surface area contributed by atoms with E-state index in [9.17, 15) is 4.79 Å². The largest absolute Gasteiger partial charge is 0.481 e. The molecule has 0 aliphatic heterocycles. The minimum absolute atomic E-state index is 0.156. The maximum absolute atomic E-state index is 10.7. The topological polar surface area (TPSA) is 53.4 Å². The van der Waals surface area contributed by atoms with Gasteiger partial charge in [-0.1, -0.05) is 32.3 Å². The molecule has 4 nitrogen and oxygen atoms in total. The number of aliphatic carboxylic acids is 1. The van der Waals surface area contributed by atoms with Crippen molar-refractivity contribution in [3.8, 4) is 0 Å². The number of carbonyl (C=O) groups is 1. The van der Waals surface area contributed by atoms with Crippen molar-refractivity contribution in [1.82, 2.24) is 4.98 Å². The van der Waals surface area contributed by atoms with Crippen LogP contribution in [-0.2, 0) is 4.79 Å². The monoisotopic (exact) mass is 264 g/mol. The van der Waals surface area contributed by atoms with Gasteiger partial charge in [-0.05, 0) is 25.0 Å². The van der Waals surface area contributed by atoms with Crippen LogP contribution in [0.25, 0.3) is 0 Å². The van der Waals surface area contributed by atoms with Crippen molar-refractivity contribution in [2.24, 2.45) is 0 Å². The number of nitrogens with zero attached hydrogens (tertiary/aromatic N) is 2. The molecule has 0 amide bonds. The van der Waals surface area contributed by atoms with Crippen molar-refractivity contribution >= 4 is 11.8 Å². The van der Waals surface area contributed by atoms with Crippen LogP contribution in [0.5, 0.6) is 0 Å². The second kappa shape index (κ2) is 8.51. The molecule has 0 aromatic carbocycles. The van der Waals surface area contributed by atoms with Gasteiger partial charge >= 0.3 is 5.97 Å².